The van der Waals surface area contributed by atoms with E-state index in [9.17, 15) is 4.79 Å². The van der Waals surface area contributed by atoms with E-state index in [1.165, 1.54) is 12.8 Å². The number of hydrogen-bond donors (Lipinski definition) is 0. The fourth-order valence-electron chi connectivity index (χ4n) is 3.96. The van der Waals surface area contributed by atoms with Gasteiger partial charge in [-0.05, 0) is 37.1 Å². The third-order valence-electron chi connectivity index (χ3n) is 5.43. The van der Waals surface area contributed by atoms with Crippen molar-refractivity contribution in [2.45, 2.75) is 51.0 Å². The van der Waals surface area contributed by atoms with Crippen molar-refractivity contribution in [1.29, 1.82) is 0 Å². The number of carbonyl (C=O) groups is 1. The van der Waals surface area contributed by atoms with Crippen molar-refractivity contribution in [1.82, 2.24) is 14.5 Å². The molecule has 0 N–H and O–H groups in total. The molecule has 2 aromatic heterocycles. The van der Waals surface area contributed by atoms with Crippen LogP contribution in [0, 0.1) is 0 Å². The summed E-state index contributed by atoms with van der Waals surface area (Å²) in [5.41, 5.74) is 2.06. The number of fused-ring (bicyclic) bond motifs is 1. The minimum atomic E-state index is 0.0732. The van der Waals surface area contributed by atoms with E-state index in [1.54, 1.807) is 6.20 Å². The van der Waals surface area contributed by atoms with Gasteiger partial charge in [-0.3, -0.25) is 9.78 Å². The normalized spacial score (nSPS) is 20.0. The van der Waals surface area contributed by atoms with Gasteiger partial charge in [0, 0.05) is 24.6 Å². The highest BCUT2D eigenvalue weighted by molar-refractivity contribution is 5.77. The van der Waals surface area contributed by atoms with Crippen LogP contribution in [0.15, 0.2) is 42.7 Å². The van der Waals surface area contributed by atoms with Crippen LogP contribution in [0.3, 0.4) is 0 Å². The van der Waals surface area contributed by atoms with Crippen LogP contribution in [0.1, 0.15) is 43.1 Å². The number of pyridine rings is 1. The molecule has 0 unspecified atom stereocenters. The van der Waals surface area contributed by atoms with E-state index >= 15 is 0 Å². The predicted octanol–water partition coefficient (Wildman–Crippen LogP) is 2.94. The van der Waals surface area contributed by atoms with Crippen molar-refractivity contribution in [3.63, 3.8) is 0 Å². The van der Waals surface area contributed by atoms with Gasteiger partial charge in [0.25, 0.3) is 0 Å². The second-order valence-electron chi connectivity index (χ2n) is 7.39. The zero-order valence-electron chi connectivity index (χ0n) is 15.6. The molecule has 144 valence electrons. The molecule has 0 saturated heterocycles. The quantitative estimate of drug-likeness (QED) is 0.753. The molecule has 1 aliphatic carbocycles. The van der Waals surface area contributed by atoms with Crippen LogP contribution < -0.4 is 0 Å². The monoisotopic (exact) mass is 369 g/mol. The summed E-state index contributed by atoms with van der Waals surface area (Å²) < 4.78 is 13.9. The van der Waals surface area contributed by atoms with Gasteiger partial charge in [-0.15, -0.1) is 0 Å². The second-order valence-corrected chi connectivity index (χ2v) is 7.39. The van der Waals surface area contributed by atoms with Crippen molar-refractivity contribution >= 4 is 5.91 Å². The van der Waals surface area contributed by atoms with E-state index in [0.29, 0.717) is 26.3 Å². The Morgan fingerprint density at radius 1 is 1.19 bits per heavy atom. The standard InChI is InChI=1S/C21H27N3O3/c25-21(16-27-20-8-1-2-9-20)23-12-18-7-5-11-24(18)19(13-23)15-26-14-17-6-3-4-10-22-17/h3-7,10-11,19-20H,1-2,8-9,12-16H2/t19-/m0/s1. The molecule has 1 amide bonds. The summed E-state index contributed by atoms with van der Waals surface area (Å²) in [6.07, 6.45) is 8.70. The molecule has 1 saturated carbocycles. The van der Waals surface area contributed by atoms with E-state index in [1.807, 2.05) is 29.2 Å². The highest BCUT2D eigenvalue weighted by Gasteiger charge is 2.28. The average Bonchev–Trinajstić information content (AvgIpc) is 3.38. The maximum atomic E-state index is 12.7. The van der Waals surface area contributed by atoms with Crippen LogP contribution in [0.25, 0.3) is 0 Å². The van der Waals surface area contributed by atoms with Crippen molar-refractivity contribution in [3.8, 4) is 0 Å². The Kier molecular flexibility index (Phi) is 5.84. The van der Waals surface area contributed by atoms with Crippen molar-refractivity contribution in [2.75, 3.05) is 19.8 Å². The third-order valence-corrected chi connectivity index (χ3v) is 5.43. The fourth-order valence-corrected chi connectivity index (χ4v) is 3.96. The largest absolute Gasteiger partial charge is 0.373 e. The number of ether oxygens (including phenoxy) is 2. The van der Waals surface area contributed by atoms with Gasteiger partial charge in [0.2, 0.25) is 5.91 Å². The first-order valence-electron chi connectivity index (χ1n) is 9.82. The summed E-state index contributed by atoms with van der Waals surface area (Å²) in [6.45, 7) is 2.50. The Bertz CT molecular complexity index is 740. The van der Waals surface area contributed by atoms with Gasteiger partial charge in [-0.25, -0.2) is 0 Å². The highest BCUT2D eigenvalue weighted by atomic mass is 16.5. The number of aromatic nitrogens is 2. The van der Waals surface area contributed by atoms with Crippen molar-refractivity contribution in [3.05, 3.63) is 54.1 Å². The smallest absolute Gasteiger partial charge is 0.249 e. The summed E-state index contributed by atoms with van der Waals surface area (Å²) in [5.74, 6) is 0.0732. The maximum absolute atomic E-state index is 12.7. The summed E-state index contributed by atoms with van der Waals surface area (Å²) in [7, 11) is 0. The minimum Gasteiger partial charge on any atom is -0.373 e. The maximum Gasteiger partial charge on any atom is 0.249 e. The molecule has 1 fully saturated rings. The summed E-state index contributed by atoms with van der Waals surface area (Å²) >= 11 is 0. The van der Waals surface area contributed by atoms with Crippen molar-refractivity contribution in [2.24, 2.45) is 0 Å². The van der Waals surface area contributed by atoms with Gasteiger partial charge in [0.15, 0.2) is 0 Å². The summed E-state index contributed by atoms with van der Waals surface area (Å²) in [5, 5.41) is 0. The van der Waals surface area contributed by atoms with Gasteiger partial charge in [0.1, 0.15) is 6.61 Å². The Hall–Kier alpha value is -2.18. The first-order chi connectivity index (χ1) is 13.3. The summed E-state index contributed by atoms with van der Waals surface area (Å²) in [4.78, 5) is 18.9. The van der Waals surface area contributed by atoms with E-state index in [0.717, 1.165) is 24.2 Å². The first kappa shape index (κ1) is 18.2. The molecule has 1 aliphatic heterocycles. The van der Waals surface area contributed by atoms with Crippen LogP contribution in [-0.2, 0) is 27.4 Å². The molecule has 0 aromatic carbocycles. The Morgan fingerprint density at radius 2 is 2.07 bits per heavy atom. The number of amides is 1. The van der Waals surface area contributed by atoms with Crippen molar-refractivity contribution < 1.29 is 14.3 Å². The lowest BCUT2D eigenvalue weighted by molar-refractivity contribution is -0.140. The molecule has 1 atom stereocenters. The second kappa shape index (κ2) is 8.67. The number of rotatable bonds is 7. The third kappa shape index (κ3) is 4.57. The molecule has 27 heavy (non-hydrogen) atoms. The van der Waals surface area contributed by atoms with Crippen LogP contribution in [0.5, 0.6) is 0 Å². The Labute approximate surface area is 160 Å². The molecule has 0 spiro atoms. The Balaban J connectivity index is 1.33. The summed E-state index contributed by atoms with van der Waals surface area (Å²) in [6, 6.07) is 10.0. The molecule has 3 heterocycles. The topological polar surface area (TPSA) is 56.6 Å². The molecular formula is C21H27N3O3. The van der Waals surface area contributed by atoms with Crippen LogP contribution in [0.2, 0.25) is 0 Å². The van der Waals surface area contributed by atoms with Gasteiger partial charge in [-0.1, -0.05) is 18.9 Å². The molecule has 4 rings (SSSR count). The van der Waals surface area contributed by atoms with E-state index in [-0.39, 0.29) is 24.7 Å². The van der Waals surface area contributed by atoms with Crippen LogP contribution in [-0.4, -0.2) is 46.2 Å². The number of carbonyl (C=O) groups excluding carboxylic acids is 1. The SMILES string of the molecule is O=C(COC1CCCC1)N1Cc2cccn2[C@H](COCc2ccccn2)C1. The molecule has 2 aromatic rings. The highest BCUT2D eigenvalue weighted by Crippen LogP contribution is 2.24. The van der Waals surface area contributed by atoms with E-state index < -0.39 is 0 Å². The number of nitrogens with zero attached hydrogens (tertiary/aromatic N) is 3. The molecule has 0 bridgehead atoms. The lowest BCUT2D eigenvalue weighted by atomic mass is 10.2. The van der Waals surface area contributed by atoms with Gasteiger partial charge < -0.3 is 18.9 Å². The zero-order valence-corrected chi connectivity index (χ0v) is 15.6. The van der Waals surface area contributed by atoms with Crippen LogP contribution in [0.4, 0.5) is 0 Å². The average molecular weight is 369 g/mol. The molecule has 6 heteroatoms. The van der Waals surface area contributed by atoms with E-state index in [2.05, 4.69) is 21.8 Å². The molecule has 6 nitrogen and oxygen atoms in total. The van der Waals surface area contributed by atoms with Gasteiger partial charge in [-0.2, -0.15) is 0 Å². The molecular weight excluding hydrogens is 342 g/mol. The molecule has 2 aliphatic rings. The zero-order chi connectivity index (χ0) is 18.5. The predicted molar refractivity (Wildman–Crippen MR) is 101 cm³/mol. The van der Waals surface area contributed by atoms with Gasteiger partial charge in [0.05, 0.1) is 37.6 Å². The molecule has 0 radical (unpaired) electrons. The first-order valence-corrected chi connectivity index (χ1v) is 9.82. The minimum absolute atomic E-state index is 0.0732. The Morgan fingerprint density at radius 3 is 2.89 bits per heavy atom. The lowest BCUT2D eigenvalue weighted by Crippen LogP contribution is -2.44. The number of hydrogen-bond acceptors (Lipinski definition) is 4. The fraction of sp³-hybridized carbons (Fsp3) is 0.524. The lowest BCUT2D eigenvalue weighted by Gasteiger charge is -2.35. The van der Waals surface area contributed by atoms with Gasteiger partial charge >= 0.3 is 0 Å². The van der Waals surface area contributed by atoms with Crippen LogP contribution >= 0.6 is 0 Å². The van der Waals surface area contributed by atoms with E-state index in [4.69, 9.17) is 9.47 Å².